The van der Waals surface area contributed by atoms with E-state index in [0.29, 0.717) is 43.4 Å². The number of alkyl halides is 3. The number of allylic oxidation sites excluding steroid dienone is 1. The predicted molar refractivity (Wildman–Crippen MR) is 106 cm³/mol. The monoisotopic (exact) mass is 408 g/mol. The fourth-order valence-corrected chi connectivity index (χ4v) is 2.73. The minimum Gasteiger partial charge on any atom is -0.406 e. The van der Waals surface area contributed by atoms with Gasteiger partial charge < -0.3 is 19.9 Å². The summed E-state index contributed by atoms with van der Waals surface area (Å²) in [5.41, 5.74) is 1.02. The van der Waals surface area contributed by atoms with Crippen LogP contribution in [0.5, 0.6) is 5.75 Å². The Bertz CT molecular complexity index is 793. The van der Waals surface area contributed by atoms with Crippen LogP contribution >= 0.6 is 0 Å². The van der Waals surface area contributed by atoms with Crippen LogP contribution < -0.4 is 10.1 Å². The number of piperazine rings is 1. The van der Waals surface area contributed by atoms with Crippen molar-refractivity contribution in [2.45, 2.75) is 13.3 Å². The molecule has 0 aliphatic carbocycles. The summed E-state index contributed by atoms with van der Waals surface area (Å²) in [6, 6.07) is 5.34. The molecule has 0 saturated carbocycles. The smallest absolute Gasteiger partial charge is 0.406 e. The molecular formula is C20H23F3N4O2. The molecule has 1 aromatic rings. The molecule has 1 N–H and O–H groups in total. The molecule has 1 saturated heterocycles. The minimum atomic E-state index is -4.74. The summed E-state index contributed by atoms with van der Waals surface area (Å²) in [6.07, 6.45) is -0.0467. The maximum absolute atomic E-state index is 12.3. The maximum Gasteiger partial charge on any atom is 0.573 e. The minimum absolute atomic E-state index is 0.116. The fraction of sp³-hybridized carbons (Fsp3) is 0.300. The fourth-order valence-electron chi connectivity index (χ4n) is 2.73. The zero-order chi connectivity index (χ0) is 21.4. The lowest BCUT2D eigenvalue weighted by atomic mass is 10.2. The number of rotatable bonds is 6. The average molecular weight is 408 g/mol. The van der Waals surface area contributed by atoms with Gasteiger partial charge in [0.1, 0.15) is 5.75 Å². The highest BCUT2D eigenvalue weighted by Crippen LogP contribution is 2.24. The number of aliphatic imine (C=N–C) groups is 1. The van der Waals surface area contributed by atoms with Crippen molar-refractivity contribution in [1.82, 2.24) is 9.80 Å². The Morgan fingerprint density at radius 3 is 2.28 bits per heavy atom. The largest absolute Gasteiger partial charge is 0.573 e. The number of hydrogen-bond acceptors (Lipinski definition) is 4. The molecule has 0 bridgehead atoms. The van der Waals surface area contributed by atoms with E-state index in [2.05, 4.69) is 28.2 Å². The van der Waals surface area contributed by atoms with Gasteiger partial charge >= 0.3 is 6.36 Å². The molecule has 1 aliphatic rings. The van der Waals surface area contributed by atoms with Gasteiger partial charge in [-0.05, 0) is 37.3 Å². The third-order valence-corrected chi connectivity index (χ3v) is 4.06. The summed E-state index contributed by atoms with van der Waals surface area (Å²) >= 11 is 0. The molecule has 0 atom stereocenters. The van der Waals surface area contributed by atoms with Crippen molar-refractivity contribution >= 4 is 17.4 Å². The standard InChI is InChI=1S/C20H23F3N4O2/c1-4-10-24-19(27-13-11-26(12-14-27)18(28)5-2)15(3)25-16-6-8-17(9-7-16)29-20(21,22)23/h4-10,25H,2-3,11-14H2,1H3/b10-4-,24-19+. The van der Waals surface area contributed by atoms with Crippen LogP contribution in [0.3, 0.4) is 0 Å². The first kappa shape index (κ1) is 22.1. The van der Waals surface area contributed by atoms with Crippen molar-refractivity contribution in [2.75, 3.05) is 31.5 Å². The second-order valence-electron chi connectivity index (χ2n) is 6.13. The van der Waals surface area contributed by atoms with Gasteiger partial charge in [-0.25, -0.2) is 4.99 Å². The van der Waals surface area contributed by atoms with Crippen LogP contribution in [0, 0.1) is 0 Å². The van der Waals surface area contributed by atoms with E-state index in [9.17, 15) is 18.0 Å². The first-order valence-electron chi connectivity index (χ1n) is 8.91. The topological polar surface area (TPSA) is 57.2 Å². The molecule has 29 heavy (non-hydrogen) atoms. The highest BCUT2D eigenvalue weighted by atomic mass is 19.4. The molecule has 6 nitrogen and oxygen atoms in total. The molecule has 0 aromatic heterocycles. The summed E-state index contributed by atoms with van der Waals surface area (Å²) in [6.45, 7) is 11.5. The SMILES string of the molecule is C=CC(=O)N1CCN(/C(=N/C=C\C)C(=C)Nc2ccc(OC(F)(F)F)cc2)CC1. The second kappa shape index (κ2) is 9.81. The van der Waals surface area contributed by atoms with Crippen molar-refractivity contribution in [3.63, 3.8) is 0 Å². The molecule has 1 aliphatic heterocycles. The van der Waals surface area contributed by atoms with Gasteiger partial charge in [0.25, 0.3) is 0 Å². The van der Waals surface area contributed by atoms with Crippen LogP contribution in [0.2, 0.25) is 0 Å². The molecule has 1 aromatic carbocycles. The van der Waals surface area contributed by atoms with Crippen molar-refractivity contribution < 1.29 is 22.7 Å². The summed E-state index contributed by atoms with van der Waals surface area (Å²) in [7, 11) is 0. The van der Waals surface area contributed by atoms with Crippen LogP contribution in [0.15, 0.2) is 66.5 Å². The van der Waals surface area contributed by atoms with E-state index in [1.165, 1.54) is 30.3 Å². The lowest BCUT2D eigenvalue weighted by Crippen LogP contribution is -2.51. The Labute approximate surface area is 167 Å². The molecule has 1 heterocycles. The molecule has 0 spiro atoms. The molecular weight excluding hydrogens is 385 g/mol. The molecule has 0 unspecified atom stereocenters. The number of carbonyl (C=O) groups excluding carboxylic acids is 1. The van der Waals surface area contributed by atoms with Gasteiger partial charge in [0.05, 0.1) is 5.70 Å². The number of nitrogens with one attached hydrogen (secondary N) is 1. The van der Waals surface area contributed by atoms with Crippen molar-refractivity contribution in [2.24, 2.45) is 4.99 Å². The van der Waals surface area contributed by atoms with Gasteiger partial charge in [-0.2, -0.15) is 0 Å². The Morgan fingerprint density at radius 2 is 1.76 bits per heavy atom. The van der Waals surface area contributed by atoms with Gasteiger partial charge in [0.2, 0.25) is 5.91 Å². The molecule has 2 rings (SSSR count). The number of ether oxygens (including phenoxy) is 1. The number of halogens is 3. The average Bonchev–Trinajstić information content (AvgIpc) is 2.68. The van der Waals surface area contributed by atoms with Crippen LogP contribution in [0.4, 0.5) is 18.9 Å². The number of benzene rings is 1. The van der Waals surface area contributed by atoms with Gasteiger partial charge in [-0.1, -0.05) is 19.2 Å². The number of hydrogen-bond donors (Lipinski definition) is 1. The third-order valence-electron chi connectivity index (χ3n) is 4.06. The quantitative estimate of drug-likeness (QED) is 0.442. The predicted octanol–water partition coefficient (Wildman–Crippen LogP) is 3.77. The van der Waals surface area contributed by atoms with Crippen molar-refractivity contribution in [3.05, 3.63) is 61.5 Å². The Balaban J connectivity index is 2.06. The van der Waals surface area contributed by atoms with Gasteiger partial charge in [0, 0.05) is 38.1 Å². The van der Waals surface area contributed by atoms with Crippen LogP contribution in [-0.4, -0.2) is 54.1 Å². The summed E-state index contributed by atoms with van der Waals surface area (Å²) in [4.78, 5) is 19.9. The van der Waals surface area contributed by atoms with Gasteiger partial charge in [-0.15, -0.1) is 13.2 Å². The lowest BCUT2D eigenvalue weighted by molar-refractivity contribution is -0.274. The molecule has 0 radical (unpaired) electrons. The molecule has 1 amide bonds. The van der Waals surface area contributed by atoms with E-state index in [1.54, 1.807) is 17.2 Å². The Kier molecular flexibility index (Phi) is 7.46. The highest BCUT2D eigenvalue weighted by molar-refractivity contribution is 6.00. The van der Waals surface area contributed by atoms with E-state index < -0.39 is 6.36 Å². The van der Waals surface area contributed by atoms with Crippen LogP contribution in [0.25, 0.3) is 0 Å². The zero-order valence-corrected chi connectivity index (χ0v) is 16.1. The van der Waals surface area contributed by atoms with Gasteiger partial charge in [0.15, 0.2) is 5.84 Å². The number of nitrogens with zero attached hydrogens (tertiary/aromatic N) is 3. The zero-order valence-electron chi connectivity index (χ0n) is 16.1. The van der Waals surface area contributed by atoms with Crippen LogP contribution in [-0.2, 0) is 4.79 Å². The number of anilines is 1. The van der Waals surface area contributed by atoms with Crippen molar-refractivity contribution in [1.29, 1.82) is 0 Å². The Hall–Kier alpha value is -3.23. The van der Waals surface area contributed by atoms with E-state index in [-0.39, 0.29) is 11.7 Å². The van der Waals surface area contributed by atoms with Gasteiger partial charge in [-0.3, -0.25) is 4.79 Å². The second-order valence-corrected chi connectivity index (χ2v) is 6.13. The summed E-state index contributed by atoms with van der Waals surface area (Å²) in [5, 5.41) is 3.05. The number of amidine groups is 1. The van der Waals surface area contributed by atoms with Crippen molar-refractivity contribution in [3.8, 4) is 5.75 Å². The first-order chi connectivity index (χ1) is 13.7. The van der Waals surface area contributed by atoms with E-state index >= 15 is 0 Å². The number of carbonyl (C=O) groups is 1. The van der Waals surface area contributed by atoms with E-state index in [0.717, 1.165) is 0 Å². The summed E-state index contributed by atoms with van der Waals surface area (Å²) < 4.78 is 40.7. The first-order valence-corrected chi connectivity index (χ1v) is 8.91. The normalized spacial score (nSPS) is 15.4. The Morgan fingerprint density at radius 1 is 1.17 bits per heavy atom. The molecule has 9 heteroatoms. The summed E-state index contributed by atoms with van der Waals surface area (Å²) in [5.74, 6) is 0.165. The number of amides is 1. The van der Waals surface area contributed by atoms with E-state index in [1.807, 2.05) is 11.8 Å². The highest BCUT2D eigenvalue weighted by Gasteiger charge is 2.31. The van der Waals surface area contributed by atoms with Crippen LogP contribution in [0.1, 0.15) is 6.92 Å². The molecule has 156 valence electrons. The third kappa shape index (κ3) is 6.70. The lowest BCUT2D eigenvalue weighted by Gasteiger charge is -2.36. The maximum atomic E-state index is 12.3. The molecule has 1 fully saturated rings. The van der Waals surface area contributed by atoms with E-state index in [4.69, 9.17) is 0 Å².